The first kappa shape index (κ1) is 18.3. The number of para-hydroxylation sites is 1. The molecule has 8 heteroatoms. The molecule has 0 saturated carbocycles. The molecule has 0 fully saturated rings. The molecule has 1 amide bonds. The Morgan fingerprint density at radius 1 is 1.27 bits per heavy atom. The maximum atomic E-state index is 13.8. The molecule has 1 aromatic rings. The van der Waals surface area contributed by atoms with Crippen LogP contribution in [0.1, 0.15) is 20.3 Å². The molecule has 1 N–H and O–H groups in total. The zero-order chi connectivity index (χ0) is 16.9. The van der Waals surface area contributed by atoms with Crippen molar-refractivity contribution in [1.29, 1.82) is 0 Å². The molecule has 22 heavy (non-hydrogen) atoms. The number of anilines is 1. The molecule has 0 saturated heterocycles. The number of nitrogens with zero attached hydrogens (tertiary/aromatic N) is 1. The topological polar surface area (TPSA) is 66.5 Å². The first-order valence-electron chi connectivity index (χ1n) is 6.81. The first-order valence-corrected chi connectivity index (χ1v) is 8.66. The van der Waals surface area contributed by atoms with Crippen LogP contribution >= 0.6 is 0 Å². The van der Waals surface area contributed by atoms with E-state index in [1.54, 1.807) is 0 Å². The number of halogens is 2. The summed E-state index contributed by atoms with van der Waals surface area (Å²) in [5, 5.41) is 2.62. The van der Waals surface area contributed by atoms with Crippen molar-refractivity contribution in [3.63, 3.8) is 0 Å². The van der Waals surface area contributed by atoms with Gasteiger partial charge >= 0.3 is 0 Å². The SMILES string of the molecule is CC(C)CNC(=O)CCN(c1c(F)cccc1F)S(C)(=O)=O. The van der Waals surface area contributed by atoms with E-state index in [0.29, 0.717) is 10.8 Å². The predicted molar refractivity (Wildman–Crippen MR) is 81.0 cm³/mol. The second kappa shape index (κ2) is 7.53. The fraction of sp³-hybridized carbons (Fsp3) is 0.500. The summed E-state index contributed by atoms with van der Waals surface area (Å²) >= 11 is 0. The molecule has 0 bridgehead atoms. The maximum absolute atomic E-state index is 13.8. The van der Waals surface area contributed by atoms with Crippen molar-refractivity contribution in [1.82, 2.24) is 5.32 Å². The lowest BCUT2D eigenvalue weighted by molar-refractivity contribution is -0.121. The Kier molecular flexibility index (Phi) is 6.28. The minimum atomic E-state index is -3.92. The first-order chi connectivity index (χ1) is 10.1. The Morgan fingerprint density at radius 2 is 1.82 bits per heavy atom. The quantitative estimate of drug-likeness (QED) is 0.828. The summed E-state index contributed by atoms with van der Waals surface area (Å²) in [5.41, 5.74) is -0.665. The second-order valence-electron chi connectivity index (χ2n) is 5.35. The van der Waals surface area contributed by atoms with Crippen LogP contribution in [-0.2, 0) is 14.8 Å². The number of carbonyl (C=O) groups is 1. The van der Waals surface area contributed by atoms with E-state index in [1.165, 1.54) is 0 Å². The van der Waals surface area contributed by atoms with Crippen LogP contribution in [0.25, 0.3) is 0 Å². The Bertz CT molecular complexity index is 613. The summed E-state index contributed by atoms with van der Waals surface area (Å²) in [6, 6.07) is 3.08. The molecule has 124 valence electrons. The summed E-state index contributed by atoms with van der Waals surface area (Å²) < 4.78 is 51.7. The third-order valence-corrected chi connectivity index (χ3v) is 4.00. The molecular weight excluding hydrogens is 314 g/mol. The number of rotatable bonds is 7. The maximum Gasteiger partial charge on any atom is 0.232 e. The average molecular weight is 334 g/mol. The minimum absolute atomic E-state index is 0.187. The summed E-state index contributed by atoms with van der Waals surface area (Å²) in [7, 11) is -3.92. The van der Waals surface area contributed by atoms with Gasteiger partial charge in [0.25, 0.3) is 0 Å². The zero-order valence-corrected chi connectivity index (χ0v) is 13.6. The molecule has 1 rings (SSSR count). The monoisotopic (exact) mass is 334 g/mol. The molecule has 0 aliphatic heterocycles. The lowest BCUT2D eigenvalue weighted by atomic mass is 10.2. The van der Waals surface area contributed by atoms with Crippen LogP contribution in [0, 0.1) is 17.6 Å². The van der Waals surface area contributed by atoms with E-state index in [2.05, 4.69) is 5.32 Å². The van der Waals surface area contributed by atoms with E-state index in [-0.39, 0.29) is 24.8 Å². The molecule has 0 aliphatic carbocycles. The van der Waals surface area contributed by atoms with Gasteiger partial charge in [0.05, 0.1) is 6.26 Å². The number of benzene rings is 1. The largest absolute Gasteiger partial charge is 0.356 e. The van der Waals surface area contributed by atoms with Gasteiger partial charge in [0.15, 0.2) is 11.6 Å². The Balaban J connectivity index is 2.91. The van der Waals surface area contributed by atoms with Gasteiger partial charge < -0.3 is 5.32 Å². The van der Waals surface area contributed by atoms with Gasteiger partial charge in [0.2, 0.25) is 15.9 Å². The van der Waals surface area contributed by atoms with Gasteiger partial charge in [0.1, 0.15) is 5.69 Å². The van der Waals surface area contributed by atoms with Gasteiger partial charge in [-0.15, -0.1) is 0 Å². The summed E-state index contributed by atoms with van der Waals surface area (Å²) in [6.45, 7) is 3.95. The van der Waals surface area contributed by atoms with Crippen molar-refractivity contribution in [2.45, 2.75) is 20.3 Å². The van der Waals surface area contributed by atoms with E-state index in [9.17, 15) is 22.0 Å². The lowest BCUT2D eigenvalue weighted by Crippen LogP contribution is -2.36. The van der Waals surface area contributed by atoms with Crippen LogP contribution in [0.15, 0.2) is 18.2 Å². The molecule has 0 radical (unpaired) electrons. The number of hydrogen-bond donors (Lipinski definition) is 1. The van der Waals surface area contributed by atoms with Crippen molar-refractivity contribution < 1.29 is 22.0 Å². The van der Waals surface area contributed by atoms with Crippen LogP contribution in [0.3, 0.4) is 0 Å². The molecule has 0 aromatic heterocycles. The number of nitrogens with one attached hydrogen (secondary N) is 1. The molecule has 0 spiro atoms. The van der Waals surface area contributed by atoms with Crippen molar-refractivity contribution in [2.24, 2.45) is 5.92 Å². The lowest BCUT2D eigenvalue weighted by Gasteiger charge is -2.23. The van der Waals surface area contributed by atoms with E-state index < -0.39 is 27.3 Å². The fourth-order valence-electron chi connectivity index (χ4n) is 1.78. The highest BCUT2D eigenvalue weighted by molar-refractivity contribution is 7.92. The second-order valence-corrected chi connectivity index (χ2v) is 7.26. The van der Waals surface area contributed by atoms with Gasteiger partial charge in [-0.2, -0.15) is 0 Å². The third kappa shape index (κ3) is 5.25. The van der Waals surface area contributed by atoms with E-state index >= 15 is 0 Å². The predicted octanol–water partition coefficient (Wildman–Crippen LogP) is 1.89. The van der Waals surface area contributed by atoms with Crippen molar-refractivity contribution >= 4 is 21.6 Å². The Morgan fingerprint density at radius 3 is 2.27 bits per heavy atom. The van der Waals surface area contributed by atoms with Crippen LogP contribution in [0.2, 0.25) is 0 Å². The van der Waals surface area contributed by atoms with E-state index in [0.717, 1.165) is 24.5 Å². The van der Waals surface area contributed by atoms with Gasteiger partial charge in [-0.25, -0.2) is 17.2 Å². The summed E-state index contributed by atoms with van der Waals surface area (Å²) in [5.74, 6) is -2.11. The number of carbonyl (C=O) groups excluding carboxylic acids is 1. The van der Waals surface area contributed by atoms with E-state index in [1.807, 2.05) is 13.8 Å². The van der Waals surface area contributed by atoms with Crippen LogP contribution in [0.5, 0.6) is 0 Å². The van der Waals surface area contributed by atoms with E-state index in [4.69, 9.17) is 0 Å². The van der Waals surface area contributed by atoms with Crippen molar-refractivity contribution in [3.05, 3.63) is 29.8 Å². The smallest absolute Gasteiger partial charge is 0.232 e. The van der Waals surface area contributed by atoms with Crippen LogP contribution in [-0.4, -0.2) is 33.7 Å². The number of sulfonamides is 1. The molecule has 0 aliphatic rings. The highest BCUT2D eigenvalue weighted by atomic mass is 32.2. The Hall–Kier alpha value is -1.70. The summed E-state index contributed by atoms with van der Waals surface area (Å²) in [6.07, 6.45) is 0.651. The van der Waals surface area contributed by atoms with Gasteiger partial charge in [-0.05, 0) is 18.1 Å². The third-order valence-electron chi connectivity index (χ3n) is 2.84. The number of amides is 1. The molecule has 5 nitrogen and oxygen atoms in total. The van der Waals surface area contributed by atoms with Crippen LogP contribution in [0.4, 0.5) is 14.5 Å². The number of hydrogen-bond acceptors (Lipinski definition) is 3. The average Bonchev–Trinajstić information content (AvgIpc) is 2.38. The normalized spacial score (nSPS) is 11.5. The molecule has 1 aromatic carbocycles. The fourth-order valence-corrected chi connectivity index (χ4v) is 2.71. The van der Waals surface area contributed by atoms with Crippen LogP contribution < -0.4 is 9.62 Å². The van der Waals surface area contributed by atoms with Gasteiger partial charge in [-0.3, -0.25) is 9.10 Å². The molecule has 0 unspecified atom stereocenters. The zero-order valence-electron chi connectivity index (χ0n) is 12.8. The molecule has 0 heterocycles. The van der Waals surface area contributed by atoms with Gasteiger partial charge in [-0.1, -0.05) is 19.9 Å². The minimum Gasteiger partial charge on any atom is -0.356 e. The molecular formula is C14H20F2N2O3S. The van der Waals surface area contributed by atoms with Crippen molar-refractivity contribution in [3.8, 4) is 0 Å². The highest BCUT2D eigenvalue weighted by Crippen LogP contribution is 2.25. The highest BCUT2D eigenvalue weighted by Gasteiger charge is 2.24. The standard InChI is InChI=1S/C14H20F2N2O3S/c1-10(2)9-17-13(19)7-8-18(22(3,20)21)14-11(15)5-4-6-12(14)16/h4-6,10H,7-9H2,1-3H3,(H,17,19). The van der Waals surface area contributed by atoms with Crippen molar-refractivity contribution in [2.75, 3.05) is 23.7 Å². The summed E-state index contributed by atoms with van der Waals surface area (Å²) in [4.78, 5) is 11.7. The Labute approximate surface area is 129 Å². The molecule has 0 atom stereocenters. The van der Waals surface area contributed by atoms with Gasteiger partial charge in [0, 0.05) is 19.5 Å².